The molecular weight excluding hydrogens is 254 g/mol. The van der Waals surface area contributed by atoms with Crippen molar-refractivity contribution in [1.29, 1.82) is 0 Å². The van der Waals surface area contributed by atoms with Crippen LogP contribution in [0.25, 0.3) is 0 Å². The van der Waals surface area contributed by atoms with Crippen molar-refractivity contribution < 1.29 is 5.11 Å². The Bertz CT molecular complexity index is 527. The molecule has 0 fully saturated rings. The van der Waals surface area contributed by atoms with Crippen LogP contribution in [-0.4, -0.2) is 5.11 Å². The Balaban J connectivity index is 2.20. The zero-order chi connectivity index (χ0) is 14.0. The summed E-state index contributed by atoms with van der Waals surface area (Å²) in [6.45, 7) is 6.52. The minimum absolute atomic E-state index is 0.111. The van der Waals surface area contributed by atoms with E-state index in [-0.39, 0.29) is 11.5 Å². The SMILES string of the molecule is CC(C)(C)c1ccc(C(O)C(N)c2ccccc2)s1. The first kappa shape index (κ1) is 14.3. The highest BCUT2D eigenvalue weighted by atomic mass is 32.1. The molecule has 0 aliphatic heterocycles. The quantitative estimate of drug-likeness (QED) is 0.895. The fraction of sp³-hybridized carbons (Fsp3) is 0.375. The maximum atomic E-state index is 10.4. The number of hydrogen-bond donors (Lipinski definition) is 2. The first-order chi connectivity index (χ1) is 8.89. The van der Waals surface area contributed by atoms with Crippen LogP contribution in [0.5, 0.6) is 0 Å². The molecule has 0 radical (unpaired) electrons. The van der Waals surface area contributed by atoms with Gasteiger partial charge in [-0.2, -0.15) is 0 Å². The molecule has 2 rings (SSSR count). The maximum absolute atomic E-state index is 10.4. The van der Waals surface area contributed by atoms with Gasteiger partial charge < -0.3 is 10.8 Å². The summed E-state index contributed by atoms with van der Waals surface area (Å²) in [5.74, 6) is 0. The molecule has 0 amide bonds. The van der Waals surface area contributed by atoms with E-state index in [1.54, 1.807) is 11.3 Å². The van der Waals surface area contributed by atoms with Gasteiger partial charge in [-0.3, -0.25) is 0 Å². The third kappa shape index (κ3) is 3.24. The van der Waals surface area contributed by atoms with Gasteiger partial charge in [0.1, 0.15) is 6.10 Å². The van der Waals surface area contributed by atoms with E-state index in [1.807, 2.05) is 36.4 Å². The summed E-state index contributed by atoms with van der Waals surface area (Å²) in [6, 6.07) is 13.4. The summed E-state index contributed by atoms with van der Waals surface area (Å²) in [5.41, 5.74) is 7.22. The molecule has 3 N–H and O–H groups in total. The molecule has 1 aromatic carbocycles. The largest absolute Gasteiger partial charge is 0.386 e. The second kappa shape index (κ2) is 5.45. The Morgan fingerprint density at radius 2 is 1.68 bits per heavy atom. The van der Waals surface area contributed by atoms with Crippen LogP contribution in [0, 0.1) is 0 Å². The molecule has 0 saturated carbocycles. The summed E-state index contributed by atoms with van der Waals surface area (Å²) in [4.78, 5) is 2.20. The van der Waals surface area contributed by atoms with Crippen LogP contribution < -0.4 is 5.73 Å². The van der Waals surface area contributed by atoms with Gasteiger partial charge in [-0.05, 0) is 23.1 Å². The number of aliphatic hydroxyl groups excluding tert-OH is 1. The van der Waals surface area contributed by atoms with Crippen LogP contribution in [0.15, 0.2) is 42.5 Å². The molecule has 2 unspecified atom stereocenters. The number of aliphatic hydroxyl groups is 1. The van der Waals surface area contributed by atoms with Crippen LogP contribution in [0.3, 0.4) is 0 Å². The van der Waals surface area contributed by atoms with E-state index in [9.17, 15) is 5.11 Å². The van der Waals surface area contributed by atoms with E-state index in [0.29, 0.717) is 0 Å². The molecule has 0 saturated heterocycles. The van der Waals surface area contributed by atoms with Gasteiger partial charge in [0.2, 0.25) is 0 Å². The van der Waals surface area contributed by atoms with Gasteiger partial charge in [0.15, 0.2) is 0 Å². The van der Waals surface area contributed by atoms with Gasteiger partial charge in [-0.1, -0.05) is 51.1 Å². The minimum atomic E-state index is -0.650. The van der Waals surface area contributed by atoms with Crippen LogP contribution in [0.4, 0.5) is 0 Å². The molecule has 3 heteroatoms. The number of thiophene rings is 1. The van der Waals surface area contributed by atoms with Crippen molar-refractivity contribution in [3.8, 4) is 0 Å². The number of nitrogens with two attached hydrogens (primary N) is 1. The summed E-state index contributed by atoms with van der Waals surface area (Å²) in [7, 11) is 0. The molecule has 1 aromatic heterocycles. The third-order valence-corrected chi connectivity index (χ3v) is 4.76. The second-order valence-corrected chi connectivity index (χ2v) is 6.95. The van der Waals surface area contributed by atoms with Gasteiger partial charge >= 0.3 is 0 Å². The van der Waals surface area contributed by atoms with Crippen LogP contribution in [0.2, 0.25) is 0 Å². The Kier molecular flexibility index (Phi) is 4.09. The lowest BCUT2D eigenvalue weighted by Gasteiger charge is -2.19. The molecule has 1 heterocycles. The zero-order valence-electron chi connectivity index (χ0n) is 11.6. The lowest BCUT2D eigenvalue weighted by Crippen LogP contribution is -2.18. The van der Waals surface area contributed by atoms with Crippen LogP contribution in [0.1, 0.15) is 48.2 Å². The van der Waals surface area contributed by atoms with Crippen molar-refractivity contribution in [2.75, 3.05) is 0 Å². The predicted octanol–water partition coefficient (Wildman–Crippen LogP) is 3.78. The van der Waals surface area contributed by atoms with Crippen LogP contribution >= 0.6 is 11.3 Å². The normalized spacial score (nSPS) is 15.2. The highest BCUT2D eigenvalue weighted by molar-refractivity contribution is 7.12. The van der Waals surface area contributed by atoms with Crippen molar-refractivity contribution in [3.05, 3.63) is 57.8 Å². The summed E-state index contributed by atoms with van der Waals surface area (Å²) >= 11 is 1.64. The van der Waals surface area contributed by atoms with E-state index in [0.717, 1.165) is 10.4 Å². The Labute approximate surface area is 118 Å². The van der Waals surface area contributed by atoms with Gasteiger partial charge in [-0.25, -0.2) is 0 Å². The van der Waals surface area contributed by atoms with Crippen molar-refractivity contribution in [2.45, 2.75) is 38.3 Å². The van der Waals surface area contributed by atoms with Crippen molar-refractivity contribution >= 4 is 11.3 Å². The molecule has 2 atom stereocenters. The first-order valence-electron chi connectivity index (χ1n) is 6.48. The van der Waals surface area contributed by atoms with E-state index >= 15 is 0 Å². The van der Waals surface area contributed by atoms with Crippen molar-refractivity contribution in [1.82, 2.24) is 0 Å². The average molecular weight is 275 g/mol. The molecule has 0 aliphatic carbocycles. The topological polar surface area (TPSA) is 46.2 Å². The Hall–Kier alpha value is -1.16. The molecule has 2 nitrogen and oxygen atoms in total. The third-order valence-electron chi connectivity index (χ3n) is 3.18. The van der Waals surface area contributed by atoms with Gasteiger partial charge in [0.05, 0.1) is 6.04 Å². The highest BCUT2D eigenvalue weighted by Crippen LogP contribution is 2.35. The Morgan fingerprint density at radius 1 is 1.05 bits per heavy atom. The molecule has 102 valence electrons. The second-order valence-electron chi connectivity index (χ2n) is 5.83. The Morgan fingerprint density at radius 3 is 2.21 bits per heavy atom. The fourth-order valence-corrected chi connectivity index (χ4v) is 3.05. The highest BCUT2D eigenvalue weighted by Gasteiger charge is 2.23. The van der Waals surface area contributed by atoms with Crippen LogP contribution in [-0.2, 0) is 5.41 Å². The minimum Gasteiger partial charge on any atom is -0.386 e. The summed E-state index contributed by atoms with van der Waals surface area (Å²) in [6.07, 6.45) is -0.650. The predicted molar refractivity (Wildman–Crippen MR) is 81.3 cm³/mol. The summed E-state index contributed by atoms with van der Waals surface area (Å²) in [5, 5.41) is 10.4. The van der Waals surface area contributed by atoms with Gasteiger partial charge in [0, 0.05) is 9.75 Å². The standard InChI is InChI=1S/C16H21NOS/c1-16(2,3)13-10-9-12(19-13)15(18)14(17)11-7-5-4-6-8-11/h4-10,14-15,18H,17H2,1-3H3. The number of benzene rings is 1. The van der Waals surface area contributed by atoms with Gasteiger partial charge in [0.25, 0.3) is 0 Å². The maximum Gasteiger partial charge on any atom is 0.107 e. The van der Waals surface area contributed by atoms with Crippen molar-refractivity contribution in [2.24, 2.45) is 5.73 Å². The van der Waals surface area contributed by atoms with E-state index in [2.05, 4.69) is 26.8 Å². The van der Waals surface area contributed by atoms with E-state index in [1.165, 1.54) is 4.88 Å². The number of rotatable bonds is 3. The monoisotopic (exact) mass is 275 g/mol. The molecule has 2 aromatic rings. The number of hydrogen-bond acceptors (Lipinski definition) is 3. The van der Waals surface area contributed by atoms with Crippen molar-refractivity contribution in [3.63, 3.8) is 0 Å². The first-order valence-corrected chi connectivity index (χ1v) is 7.30. The smallest absolute Gasteiger partial charge is 0.107 e. The van der Waals surface area contributed by atoms with Gasteiger partial charge in [-0.15, -0.1) is 11.3 Å². The summed E-state index contributed by atoms with van der Waals surface area (Å²) < 4.78 is 0. The lowest BCUT2D eigenvalue weighted by atomic mass is 9.95. The fourth-order valence-electron chi connectivity index (χ4n) is 1.95. The molecule has 19 heavy (non-hydrogen) atoms. The molecular formula is C16H21NOS. The average Bonchev–Trinajstić information content (AvgIpc) is 2.87. The zero-order valence-corrected chi connectivity index (χ0v) is 12.4. The molecule has 0 aliphatic rings. The molecule has 0 spiro atoms. The lowest BCUT2D eigenvalue weighted by molar-refractivity contribution is 0.150. The molecule has 0 bridgehead atoms. The van der Waals surface area contributed by atoms with E-state index < -0.39 is 6.10 Å². The van der Waals surface area contributed by atoms with E-state index in [4.69, 9.17) is 5.73 Å².